The molecule has 0 heterocycles. The van der Waals surface area contributed by atoms with E-state index in [9.17, 15) is 8.42 Å². The molecule has 0 saturated carbocycles. The van der Waals surface area contributed by atoms with Gasteiger partial charge in [0.2, 0.25) is 0 Å². The summed E-state index contributed by atoms with van der Waals surface area (Å²) in [5, 5.41) is 3.41. The van der Waals surface area contributed by atoms with Crippen molar-refractivity contribution in [2.75, 3.05) is 18.4 Å². The van der Waals surface area contributed by atoms with Crippen LogP contribution in [0.2, 0.25) is 0 Å². The number of hydrogen-bond acceptors (Lipinski definition) is 4. The van der Waals surface area contributed by atoms with Gasteiger partial charge in [-0.25, -0.2) is 0 Å². The fraction of sp³-hybridized carbons (Fsp3) is 0.480. The van der Waals surface area contributed by atoms with Crippen LogP contribution in [0, 0.1) is 0 Å². The number of anilines is 1. The van der Waals surface area contributed by atoms with Crippen molar-refractivity contribution in [3.63, 3.8) is 0 Å². The third kappa shape index (κ3) is 8.91. The van der Waals surface area contributed by atoms with E-state index in [0.717, 1.165) is 48.2 Å². The number of rotatable bonds is 14. The SMILES string of the molecule is CCCCN(CCCC)S(=O)(=O)c1ccc(CNc2ccccc2OC(C)C)c([CH]=[Ru]([Cl])[Cl])c1. The molecule has 0 aromatic heterocycles. The van der Waals surface area contributed by atoms with Gasteiger partial charge in [0.05, 0.1) is 0 Å². The van der Waals surface area contributed by atoms with Gasteiger partial charge >= 0.3 is 219 Å². The van der Waals surface area contributed by atoms with E-state index >= 15 is 0 Å². The molecular weight excluding hydrogens is 580 g/mol. The number of halogens is 2. The van der Waals surface area contributed by atoms with Crippen LogP contribution in [0.4, 0.5) is 5.69 Å². The van der Waals surface area contributed by atoms with Gasteiger partial charge in [0.1, 0.15) is 0 Å². The Morgan fingerprint density at radius 2 is 1.71 bits per heavy atom. The van der Waals surface area contributed by atoms with Crippen molar-refractivity contribution in [1.29, 1.82) is 0 Å². The van der Waals surface area contributed by atoms with Crippen molar-refractivity contribution >= 4 is 39.7 Å². The molecule has 0 fully saturated rings. The first-order chi connectivity index (χ1) is 16.2. The summed E-state index contributed by atoms with van der Waals surface area (Å²) in [4.78, 5) is 0.280. The Balaban J connectivity index is 2.36. The molecule has 0 aliphatic carbocycles. The molecule has 2 aromatic rings. The fourth-order valence-electron chi connectivity index (χ4n) is 3.40. The molecule has 0 amide bonds. The predicted molar refractivity (Wildman–Crippen MR) is 141 cm³/mol. The van der Waals surface area contributed by atoms with Crippen molar-refractivity contribution in [1.82, 2.24) is 4.31 Å². The summed E-state index contributed by atoms with van der Waals surface area (Å²) in [6.45, 7) is 9.63. The van der Waals surface area contributed by atoms with Crippen LogP contribution in [0.15, 0.2) is 47.4 Å². The average Bonchev–Trinajstić information content (AvgIpc) is 2.78. The van der Waals surface area contributed by atoms with Crippen molar-refractivity contribution in [3.8, 4) is 5.75 Å². The van der Waals surface area contributed by atoms with E-state index in [2.05, 4.69) is 19.2 Å². The van der Waals surface area contributed by atoms with Gasteiger partial charge in [-0.2, -0.15) is 0 Å². The maximum absolute atomic E-state index is 13.4. The number of benzene rings is 2. The van der Waals surface area contributed by atoms with Gasteiger partial charge in [-0.1, -0.05) is 0 Å². The van der Waals surface area contributed by atoms with Gasteiger partial charge in [-0.05, 0) is 0 Å². The second kappa shape index (κ2) is 14.6. The van der Waals surface area contributed by atoms with Crippen molar-refractivity contribution in [2.45, 2.75) is 70.9 Å². The van der Waals surface area contributed by atoms with E-state index in [1.54, 1.807) is 16.4 Å². The molecule has 2 aromatic carbocycles. The van der Waals surface area contributed by atoms with Gasteiger partial charge in [-0.15, -0.1) is 0 Å². The molecule has 0 spiro atoms. The molecule has 2 rings (SSSR count). The Labute approximate surface area is 218 Å². The average molecular weight is 617 g/mol. The fourth-order valence-corrected chi connectivity index (χ4v) is 6.81. The van der Waals surface area contributed by atoms with Crippen LogP contribution in [-0.4, -0.2) is 36.5 Å². The quantitative estimate of drug-likeness (QED) is 0.239. The first kappa shape index (κ1) is 29.3. The monoisotopic (exact) mass is 616 g/mol. The van der Waals surface area contributed by atoms with Gasteiger partial charge in [0, 0.05) is 0 Å². The molecule has 1 N–H and O–H groups in total. The molecule has 5 nitrogen and oxygen atoms in total. The van der Waals surface area contributed by atoms with Crippen LogP contribution in [0.3, 0.4) is 0 Å². The van der Waals surface area contributed by atoms with E-state index in [0.29, 0.717) is 19.6 Å². The number of sulfonamides is 1. The summed E-state index contributed by atoms with van der Waals surface area (Å²) in [6, 6.07) is 13.0. The number of ether oxygens (including phenoxy) is 1. The molecule has 192 valence electrons. The summed E-state index contributed by atoms with van der Waals surface area (Å²) in [5.41, 5.74) is 2.55. The molecule has 9 heteroatoms. The first-order valence-corrected chi connectivity index (χ1v) is 18.6. The number of nitrogens with zero attached hydrogens (tertiary/aromatic N) is 1. The summed E-state index contributed by atoms with van der Waals surface area (Å²) in [5.74, 6) is 0.770. The molecule has 0 unspecified atom stereocenters. The number of nitrogens with one attached hydrogen (secondary N) is 1. The number of unbranched alkanes of at least 4 members (excludes halogenated alkanes) is 2. The Morgan fingerprint density at radius 3 is 2.29 bits per heavy atom. The predicted octanol–water partition coefficient (Wildman–Crippen LogP) is 6.75. The van der Waals surface area contributed by atoms with Crippen LogP contribution in [0.1, 0.15) is 64.5 Å². The van der Waals surface area contributed by atoms with Gasteiger partial charge in [0.15, 0.2) is 0 Å². The van der Waals surface area contributed by atoms with Gasteiger partial charge in [0.25, 0.3) is 0 Å². The molecule has 0 aliphatic heterocycles. The van der Waals surface area contributed by atoms with Crippen LogP contribution in [0.5, 0.6) is 5.75 Å². The van der Waals surface area contributed by atoms with E-state index in [1.807, 2.05) is 48.8 Å². The number of para-hydroxylation sites is 2. The van der Waals surface area contributed by atoms with Crippen LogP contribution >= 0.6 is 19.4 Å². The normalized spacial score (nSPS) is 12.2. The minimum atomic E-state index is -3.61. The van der Waals surface area contributed by atoms with E-state index in [1.165, 1.54) is 0 Å². The summed E-state index contributed by atoms with van der Waals surface area (Å²) in [7, 11) is 8.80. The van der Waals surface area contributed by atoms with Crippen LogP contribution in [0.25, 0.3) is 0 Å². The summed E-state index contributed by atoms with van der Waals surface area (Å²) < 4.78 is 36.2. The number of hydrogen-bond donors (Lipinski definition) is 1. The third-order valence-electron chi connectivity index (χ3n) is 5.18. The van der Waals surface area contributed by atoms with Gasteiger partial charge in [-0.3, -0.25) is 0 Å². The standard InChI is InChI=1S/C25H36N2O3S.2ClH.Ru/c1-6-8-16-27(17-9-7-2)31(28,29)23-15-14-22(21(5)18-23)19-26-24-12-10-11-13-25(24)30-20(3)4;;;/h5,10-15,18,20,26H,6-9,16-17,19H2,1-4H3;2*1H;/q;;;+2/p-2. The molecule has 0 saturated heterocycles. The summed E-state index contributed by atoms with van der Waals surface area (Å²) in [6.07, 6.45) is 3.60. The topological polar surface area (TPSA) is 58.6 Å². The Kier molecular flexibility index (Phi) is 12.5. The Hall–Kier alpha value is -0.977. The van der Waals surface area contributed by atoms with Crippen LogP contribution in [-0.2, 0) is 30.1 Å². The maximum atomic E-state index is 13.4. The van der Waals surface area contributed by atoms with E-state index in [4.69, 9.17) is 24.1 Å². The second-order valence-corrected chi connectivity index (χ2v) is 16.0. The Morgan fingerprint density at radius 1 is 1.06 bits per heavy atom. The van der Waals surface area contributed by atoms with Gasteiger partial charge < -0.3 is 0 Å². The molecule has 0 atom stereocenters. The van der Waals surface area contributed by atoms with Crippen LogP contribution < -0.4 is 10.1 Å². The third-order valence-corrected chi connectivity index (χ3v) is 8.91. The Bertz CT molecular complexity index is 1050. The zero-order chi connectivity index (χ0) is 25.1. The zero-order valence-corrected chi connectivity index (χ0v) is 24.4. The van der Waals surface area contributed by atoms with Crippen molar-refractivity contribution < 1.29 is 26.7 Å². The van der Waals surface area contributed by atoms with Crippen molar-refractivity contribution in [2.24, 2.45) is 0 Å². The molecular formula is C25H36Cl2N2O3RuS. The van der Waals surface area contributed by atoms with E-state index in [-0.39, 0.29) is 11.0 Å². The van der Waals surface area contributed by atoms with Crippen molar-refractivity contribution in [3.05, 3.63) is 53.6 Å². The molecule has 0 aliphatic rings. The second-order valence-electron chi connectivity index (χ2n) is 8.30. The first-order valence-electron chi connectivity index (χ1n) is 11.6. The molecule has 0 bridgehead atoms. The van der Waals surface area contributed by atoms with E-state index < -0.39 is 23.5 Å². The molecule has 34 heavy (non-hydrogen) atoms. The minimum absolute atomic E-state index is 0.0548. The molecule has 0 radical (unpaired) electrons. The summed E-state index contributed by atoms with van der Waals surface area (Å²) >= 11 is -2.17. The zero-order valence-electron chi connectivity index (χ0n) is 20.3.